The third-order valence-corrected chi connectivity index (χ3v) is 3.12. The van der Waals surface area contributed by atoms with Crippen molar-refractivity contribution in [2.45, 2.75) is 25.8 Å². The zero-order chi connectivity index (χ0) is 11.9. The van der Waals surface area contributed by atoms with Gasteiger partial charge in [0.1, 0.15) is 5.82 Å². The number of nitrogens with two attached hydrogens (primary N) is 1. The molecule has 1 heterocycles. The fourth-order valence-corrected chi connectivity index (χ4v) is 2.27. The highest BCUT2D eigenvalue weighted by atomic mass is 79.9. The summed E-state index contributed by atoms with van der Waals surface area (Å²) in [5, 5.41) is 0. The van der Waals surface area contributed by atoms with E-state index in [2.05, 4.69) is 15.9 Å². The summed E-state index contributed by atoms with van der Waals surface area (Å²) in [6, 6.07) is 1.34. The summed E-state index contributed by atoms with van der Waals surface area (Å²) in [6.45, 7) is 3.83. The van der Waals surface area contributed by atoms with Gasteiger partial charge >= 0.3 is 0 Å². The van der Waals surface area contributed by atoms with Gasteiger partial charge in [-0.25, -0.2) is 4.39 Å². The van der Waals surface area contributed by atoms with Crippen molar-refractivity contribution < 1.29 is 13.9 Å². The molecule has 3 nitrogen and oxygen atoms in total. The molecule has 88 valence electrons. The number of hydrogen-bond donors (Lipinski definition) is 1. The van der Waals surface area contributed by atoms with Gasteiger partial charge in [0, 0.05) is 17.2 Å². The molecule has 0 aromatic heterocycles. The lowest BCUT2D eigenvalue weighted by atomic mass is 9.95. The fourth-order valence-electron chi connectivity index (χ4n) is 1.63. The van der Waals surface area contributed by atoms with Crippen molar-refractivity contribution in [3.8, 4) is 11.5 Å². The third-order valence-electron chi connectivity index (χ3n) is 2.28. The first-order valence-electron chi connectivity index (χ1n) is 4.94. The van der Waals surface area contributed by atoms with E-state index in [9.17, 15) is 4.39 Å². The van der Waals surface area contributed by atoms with Gasteiger partial charge in [0.25, 0.3) is 0 Å². The van der Waals surface area contributed by atoms with Crippen molar-refractivity contribution in [2.24, 2.45) is 5.73 Å². The topological polar surface area (TPSA) is 44.5 Å². The molecule has 0 unspecified atom stereocenters. The molecule has 2 rings (SSSR count). The molecule has 0 fully saturated rings. The van der Waals surface area contributed by atoms with Gasteiger partial charge in [-0.15, -0.1) is 0 Å². The van der Waals surface area contributed by atoms with Crippen LogP contribution in [-0.2, 0) is 6.42 Å². The Morgan fingerprint density at radius 1 is 1.50 bits per heavy atom. The Balaban J connectivity index is 2.46. The summed E-state index contributed by atoms with van der Waals surface area (Å²) in [5.41, 5.74) is 5.94. The van der Waals surface area contributed by atoms with E-state index in [4.69, 9.17) is 15.2 Å². The van der Waals surface area contributed by atoms with Crippen LogP contribution >= 0.6 is 15.9 Å². The van der Waals surface area contributed by atoms with Crippen LogP contribution in [0.3, 0.4) is 0 Å². The highest BCUT2D eigenvalue weighted by Crippen LogP contribution is 2.43. The van der Waals surface area contributed by atoms with E-state index in [1.807, 2.05) is 13.8 Å². The number of halogens is 2. The molecule has 1 aromatic carbocycles. The Morgan fingerprint density at radius 2 is 2.19 bits per heavy atom. The van der Waals surface area contributed by atoms with Crippen LogP contribution in [0.1, 0.15) is 19.4 Å². The summed E-state index contributed by atoms with van der Waals surface area (Å²) in [6.07, 6.45) is 0.427. The van der Waals surface area contributed by atoms with Gasteiger partial charge in [-0.2, -0.15) is 0 Å². The summed E-state index contributed by atoms with van der Waals surface area (Å²) in [4.78, 5) is 0. The molecule has 0 saturated heterocycles. The van der Waals surface area contributed by atoms with Crippen LogP contribution in [0.4, 0.5) is 4.39 Å². The molecule has 1 aromatic rings. The minimum absolute atomic E-state index is 0.128. The average molecular weight is 290 g/mol. The molecule has 0 amide bonds. The van der Waals surface area contributed by atoms with Gasteiger partial charge in [-0.05, 0) is 36.2 Å². The van der Waals surface area contributed by atoms with Gasteiger partial charge in [0.2, 0.25) is 6.79 Å². The van der Waals surface area contributed by atoms with Crippen LogP contribution in [-0.4, -0.2) is 12.3 Å². The predicted molar refractivity (Wildman–Crippen MR) is 62.2 cm³/mol. The lowest BCUT2D eigenvalue weighted by Crippen LogP contribution is -2.34. The first kappa shape index (κ1) is 11.7. The van der Waals surface area contributed by atoms with Gasteiger partial charge < -0.3 is 15.2 Å². The summed E-state index contributed by atoms with van der Waals surface area (Å²) >= 11 is 3.34. The highest BCUT2D eigenvalue weighted by Gasteiger charge is 2.25. The largest absolute Gasteiger partial charge is 0.453 e. The van der Waals surface area contributed by atoms with Crippen LogP contribution in [0.15, 0.2) is 10.5 Å². The second-order valence-corrected chi connectivity index (χ2v) is 5.34. The van der Waals surface area contributed by atoms with Crippen molar-refractivity contribution in [1.82, 2.24) is 0 Å². The Labute approximate surface area is 102 Å². The van der Waals surface area contributed by atoms with Gasteiger partial charge in [-0.3, -0.25) is 0 Å². The van der Waals surface area contributed by atoms with Crippen molar-refractivity contribution >= 4 is 15.9 Å². The number of fused-ring (bicyclic) bond motifs is 1. The maximum absolute atomic E-state index is 13.8. The molecule has 0 spiro atoms. The third kappa shape index (κ3) is 2.15. The first-order valence-corrected chi connectivity index (χ1v) is 5.73. The molecular formula is C11H13BrFNO2. The second kappa shape index (κ2) is 3.89. The quantitative estimate of drug-likeness (QED) is 0.910. The summed E-state index contributed by atoms with van der Waals surface area (Å²) in [7, 11) is 0. The number of rotatable bonds is 2. The van der Waals surface area contributed by atoms with Crippen LogP contribution in [0.2, 0.25) is 0 Å². The standard InChI is InChI=1S/C11H13BrFNO2/c1-11(2,14)4-6-7(13)3-8-10(9(6)12)16-5-15-8/h3H,4-5,14H2,1-2H3. The molecule has 0 saturated carbocycles. The molecule has 5 heteroatoms. The van der Waals surface area contributed by atoms with E-state index >= 15 is 0 Å². The maximum atomic E-state index is 13.8. The van der Waals surface area contributed by atoms with E-state index in [1.54, 1.807) is 0 Å². The van der Waals surface area contributed by atoms with Gasteiger partial charge in [-0.1, -0.05) is 0 Å². The second-order valence-electron chi connectivity index (χ2n) is 4.55. The Hall–Kier alpha value is -0.810. The van der Waals surface area contributed by atoms with Crippen molar-refractivity contribution in [2.75, 3.05) is 6.79 Å². The normalized spacial score (nSPS) is 14.3. The van der Waals surface area contributed by atoms with Crippen LogP contribution in [0, 0.1) is 5.82 Å². The molecule has 16 heavy (non-hydrogen) atoms. The average Bonchev–Trinajstić information content (AvgIpc) is 2.58. The van der Waals surface area contributed by atoms with E-state index < -0.39 is 5.54 Å². The molecule has 2 N–H and O–H groups in total. The number of ether oxygens (including phenoxy) is 2. The smallest absolute Gasteiger partial charge is 0.231 e. The van der Waals surface area contributed by atoms with Crippen molar-refractivity contribution in [3.63, 3.8) is 0 Å². The Bertz CT molecular complexity index is 429. The summed E-state index contributed by atoms with van der Waals surface area (Å²) in [5.74, 6) is 0.665. The van der Waals surface area contributed by atoms with E-state index in [1.165, 1.54) is 6.07 Å². The zero-order valence-corrected chi connectivity index (χ0v) is 10.7. The van der Waals surface area contributed by atoms with E-state index in [0.717, 1.165) is 0 Å². The van der Waals surface area contributed by atoms with Crippen LogP contribution < -0.4 is 15.2 Å². The van der Waals surface area contributed by atoms with Crippen molar-refractivity contribution in [3.05, 3.63) is 21.9 Å². The fraction of sp³-hybridized carbons (Fsp3) is 0.455. The van der Waals surface area contributed by atoms with E-state index in [0.29, 0.717) is 28.0 Å². The molecule has 0 atom stereocenters. The molecule has 0 aliphatic carbocycles. The number of hydrogen-bond acceptors (Lipinski definition) is 3. The Morgan fingerprint density at radius 3 is 2.81 bits per heavy atom. The van der Waals surface area contributed by atoms with Crippen LogP contribution in [0.5, 0.6) is 11.5 Å². The molecule has 1 aliphatic heterocycles. The monoisotopic (exact) mass is 289 g/mol. The molecule has 1 aliphatic rings. The Kier molecular flexibility index (Phi) is 2.84. The van der Waals surface area contributed by atoms with Crippen LogP contribution in [0.25, 0.3) is 0 Å². The van der Waals surface area contributed by atoms with E-state index in [-0.39, 0.29) is 12.6 Å². The zero-order valence-electron chi connectivity index (χ0n) is 9.14. The van der Waals surface area contributed by atoms with Gasteiger partial charge in [0.15, 0.2) is 11.5 Å². The maximum Gasteiger partial charge on any atom is 0.231 e. The summed E-state index contributed by atoms with van der Waals surface area (Å²) < 4.78 is 24.8. The minimum Gasteiger partial charge on any atom is -0.453 e. The lowest BCUT2D eigenvalue weighted by Gasteiger charge is -2.20. The van der Waals surface area contributed by atoms with Crippen molar-refractivity contribution in [1.29, 1.82) is 0 Å². The SMILES string of the molecule is CC(C)(N)Cc1c(F)cc2c(c1Br)OCO2. The lowest BCUT2D eigenvalue weighted by molar-refractivity contribution is 0.173. The first-order chi connectivity index (χ1) is 7.38. The predicted octanol–water partition coefficient (Wildman–Crippen LogP) is 2.60. The molecule has 0 bridgehead atoms. The minimum atomic E-state index is -0.475. The highest BCUT2D eigenvalue weighted by molar-refractivity contribution is 9.10. The number of benzene rings is 1. The molecule has 0 radical (unpaired) electrons. The van der Waals surface area contributed by atoms with Gasteiger partial charge in [0.05, 0.1) is 4.47 Å². The molecular weight excluding hydrogens is 277 g/mol.